The van der Waals surface area contributed by atoms with Gasteiger partial charge < -0.3 is 29.4 Å². The van der Waals surface area contributed by atoms with Gasteiger partial charge in [-0.15, -0.1) is 29.8 Å². The van der Waals surface area contributed by atoms with Gasteiger partial charge in [0.1, 0.15) is 11.6 Å². The Kier molecular flexibility index (Phi) is 11.5. The van der Waals surface area contributed by atoms with Crippen LogP contribution in [0.3, 0.4) is 0 Å². The van der Waals surface area contributed by atoms with E-state index in [1.807, 2.05) is 53.8 Å². The second-order valence-corrected chi connectivity index (χ2v) is 13.5. The molecule has 0 unspecified atom stereocenters. The predicted molar refractivity (Wildman–Crippen MR) is 216 cm³/mol. The maximum absolute atomic E-state index is 4.41. The summed E-state index contributed by atoms with van der Waals surface area (Å²) < 4.78 is 0. The SMILES string of the molecule is CC(C)c1cc[c-]c(N2[CH-]N(C)c3nccnc32)c1.[Ir].[c-]1ccccc1N1[CH-]N(CCCCN2[CH-]N(c3[c-]cccc3)c3ccccc32)c2ccccc21. The Bertz CT molecular complexity index is 2030. The van der Waals surface area contributed by atoms with Crippen LogP contribution < -0.4 is 29.4 Å². The standard InChI is InChI=1S/C30H26N4.C15H16N4.Ir/c1-3-13-25(14-4-1)33-23-31(27-17-7-9-19-29(27)33)21-11-12-22-32-24-34(26-15-5-2-6-16-26)30-20-10-8-18-28(30)32;1-11(2)12-5-4-6-13(9-12)19-10-18(3)14-15(19)17-8-7-16-14;/h1-10,13,15,17-20,23-24H,11-12,21-22H2;4-5,7-11H,1-3H3;/q-4;-2;. The number of hydrogen-bond donors (Lipinski definition) is 0. The zero-order valence-electron chi connectivity index (χ0n) is 30.7. The van der Waals surface area contributed by atoms with Gasteiger partial charge in [-0.05, 0) is 63.2 Å². The minimum atomic E-state index is 0. The summed E-state index contributed by atoms with van der Waals surface area (Å²) in [4.78, 5) is 21.9. The van der Waals surface area contributed by atoms with Gasteiger partial charge in [-0.2, -0.15) is 97.8 Å². The Morgan fingerprint density at radius 2 is 1.06 bits per heavy atom. The third-order valence-corrected chi connectivity index (χ3v) is 9.61. The molecule has 9 heteroatoms. The molecule has 1 aromatic heterocycles. The van der Waals surface area contributed by atoms with Crippen LogP contribution in [0.5, 0.6) is 0 Å². The van der Waals surface area contributed by atoms with Gasteiger partial charge in [0.2, 0.25) is 0 Å². The number of para-hydroxylation sites is 6. The van der Waals surface area contributed by atoms with Gasteiger partial charge >= 0.3 is 0 Å². The molecular weight excluding hydrogens is 845 g/mol. The molecule has 8 nitrogen and oxygen atoms in total. The summed E-state index contributed by atoms with van der Waals surface area (Å²) in [7, 11) is 1.97. The number of rotatable bonds is 9. The zero-order valence-corrected chi connectivity index (χ0v) is 33.1. The largest absolute Gasteiger partial charge is 0.501 e. The van der Waals surface area contributed by atoms with Gasteiger partial charge in [-0.25, -0.2) is 9.97 Å². The van der Waals surface area contributed by atoms with Crippen LogP contribution >= 0.6 is 0 Å². The molecule has 0 aliphatic carbocycles. The molecule has 3 aliphatic heterocycles. The third kappa shape index (κ3) is 7.65. The van der Waals surface area contributed by atoms with Crippen LogP contribution in [0.2, 0.25) is 0 Å². The summed E-state index contributed by atoms with van der Waals surface area (Å²) in [6.07, 6.45) is 5.62. The van der Waals surface area contributed by atoms with Crippen molar-refractivity contribution in [2.24, 2.45) is 0 Å². The molecule has 0 saturated carbocycles. The Labute approximate surface area is 333 Å². The Morgan fingerprint density at radius 1 is 0.556 bits per heavy atom. The summed E-state index contributed by atoms with van der Waals surface area (Å²) >= 11 is 0. The third-order valence-electron chi connectivity index (χ3n) is 9.61. The molecule has 4 heterocycles. The monoisotopic (exact) mass is 887 g/mol. The summed E-state index contributed by atoms with van der Waals surface area (Å²) in [6.45, 7) is 12.7. The van der Waals surface area contributed by atoms with Gasteiger partial charge in [0.05, 0.1) is 0 Å². The minimum absolute atomic E-state index is 0. The minimum Gasteiger partial charge on any atom is -0.501 e. The Hall–Kier alpha value is -5.37. The molecule has 0 spiro atoms. The fourth-order valence-corrected chi connectivity index (χ4v) is 6.89. The van der Waals surface area contributed by atoms with Crippen molar-refractivity contribution in [3.63, 3.8) is 0 Å². The van der Waals surface area contributed by atoms with Crippen molar-refractivity contribution < 1.29 is 20.1 Å². The molecule has 54 heavy (non-hydrogen) atoms. The van der Waals surface area contributed by atoms with Gasteiger partial charge in [0.15, 0.2) is 0 Å². The van der Waals surface area contributed by atoms with Crippen LogP contribution in [-0.4, -0.2) is 30.1 Å². The summed E-state index contributed by atoms with van der Waals surface area (Å²) in [6, 6.07) is 49.7. The fourth-order valence-electron chi connectivity index (χ4n) is 6.89. The van der Waals surface area contributed by atoms with E-state index >= 15 is 0 Å². The topological polar surface area (TPSA) is 45.2 Å². The van der Waals surface area contributed by atoms with E-state index < -0.39 is 0 Å². The van der Waals surface area contributed by atoms with E-state index in [4.69, 9.17) is 0 Å². The smallest absolute Gasteiger partial charge is 0.143 e. The number of benzene rings is 5. The molecule has 5 aromatic carbocycles. The summed E-state index contributed by atoms with van der Waals surface area (Å²) in [5.41, 5.74) is 9.35. The van der Waals surface area contributed by atoms with Crippen molar-refractivity contribution in [1.82, 2.24) is 9.97 Å². The molecule has 277 valence electrons. The van der Waals surface area contributed by atoms with Crippen molar-refractivity contribution in [2.45, 2.75) is 32.6 Å². The molecule has 1 radical (unpaired) electrons. The Morgan fingerprint density at radius 3 is 1.57 bits per heavy atom. The first-order valence-corrected chi connectivity index (χ1v) is 18.2. The van der Waals surface area contributed by atoms with Crippen LogP contribution in [0.4, 0.5) is 51.4 Å². The molecular formula is C45H42IrN8-6. The van der Waals surface area contributed by atoms with Crippen LogP contribution in [0.1, 0.15) is 38.2 Å². The Balaban J connectivity index is 0.000000191. The quantitative estimate of drug-likeness (QED) is 0.105. The first-order chi connectivity index (χ1) is 26.0. The molecule has 0 atom stereocenters. The molecule has 0 N–H and O–H groups in total. The fraction of sp³-hybridized carbons (Fsp3) is 0.178. The van der Waals surface area contributed by atoms with Gasteiger partial charge in [-0.1, -0.05) is 38.1 Å². The van der Waals surface area contributed by atoms with E-state index in [2.05, 4.69) is 160 Å². The first-order valence-electron chi connectivity index (χ1n) is 18.2. The zero-order chi connectivity index (χ0) is 36.1. The van der Waals surface area contributed by atoms with E-state index in [9.17, 15) is 0 Å². The second-order valence-electron chi connectivity index (χ2n) is 13.5. The number of aromatic nitrogens is 2. The average Bonchev–Trinajstić information content (AvgIpc) is 3.89. The normalized spacial score (nSPS) is 14.1. The molecule has 0 fully saturated rings. The maximum Gasteiger partial charge on any atom is 0.143 e. The van der Waals surface area contributed by atoms with Crippen LogP contribution in [-0.2, 0) is 20.1 Å². The van der Waals surface area contributed by atoms with Crippen molar-refractivity contribution in [2.75, 3.05) is 49.5 Å². The molecule has 9 rings (SSSR count). The van der Waals surface area contributed by atoms with Crippen molar-refractivity contribution in [3.05, 3.63) is 171 Å². The maximum atomic E-state index is 4.41. The van der Waals surface area contributed by atoms with Gasteiger partial charge in [0.25, 0.3) is 0 Å². The molecule has 6 aromatic rings. The van der Waals surface area contributed by atoms with E-state index in [-0.39, 0.29) is 20.1 Å². The van der Waals surface area contributed by atoms with Crippen LogP contribution in [0, 0.1) is 38.2 Å². The molecule has 3 aliphatic rings. The summed E-state index contributed by atoms with van der Waals surface area (Å²) in [5.74, 6) is 2.21. The van der Waals surface area contributed by atoms with Gasteiger partial charge in [-0.3, -0.25) is 0 Å². The number of fused-ring (bicyclic) bond motifs is 3. The van der Waals surface area contributed by atoms with Crippen molar-refractivity contribution >= 4 is 51.4 Å². The number of hydrogen-bond acceptors (Lipinski definition) is 8. The van der Waals surface area contributed by atoms with Crippen LogP contribution in [0.25, 0.3) is 0 Å². The molecule has 0 amide bonds. The van der Waals surface area contributed by atoms with E-state index in [1.54, 1.807) is 12.4 Å². The van der Waals surface area contributed by atoms with Crippen molar-refractivity contribution in [3.8, 4) is 0 Å². The van der Waals surface area contributed by atoms with E-state index in [0.29, 0.717) is 5.92 Å². The second kappa shape index (κ2) is 16.8. The molecule has 0 saturated heterocycles. The summed E-state index contributed by atoms with van der Waals surface area (Å²) in [5, 5.41) is 0. The molecule has 0 bridgehead atoms. The number of anilines is 9. The van der Waals surface area contributed by atoms with E-state index in [1.165, 1.54) is 28.3 Å². The number of nitrogens with zero attached hydrogens (tertiary/aromatic N) is 8. The van der Waals surface area contributed by atoms with Crippen LogP contribution in [0.15, 0.2) is 128 Å². The average molecular weight is 887 g/mol. The van der Waals surface area contributed by atoms with Crippen molar-refractivity contribution in [1.29, 1.82) is 0 Å². The number of unbranched alkanes of at least 4 members (excludes halogenated alkanes) is 1. The predicted octanol–water partition coefficient (Wildman–Crippen LogP) is 10.0. The van der Waals surface area contributed by atoms with E-state index in [0.717, 1.165) is 54.6 Å². The van der Waals surface area contributed by atoms with Gasteiger partial charge in [0, 0.05) is 55.2 Å². The first kappa shape index (κ1) is 37.0.